The molecule has 0 bridgehead atoms. The first-order valence-electron chi connectivity index (χ1n) is 4.83. The van der Waals surface area contributed by atoms with Crippen molar-refractivity contribution in [1.82, 2.24) is 0 Å². The molecule has 5 heteroatoms. The van der Waals surface area contributed by atoms with E-state index in [4.69, 9.17) is 10.00 Å². The summed E-state index contributed by atoms with van der Waals surface area (Å²) in [5, 5.41) is 11.7. The topological polar surface area (TPSA) is 45.0 Å². The van der Waals surface area contributed by atoms with Crippen molar-refractivity contribution in [2.24, 2.45) is 0 Å². The van der Waals surface area contributed by atoms with Gasteiger partial charge in [-0.1, -0.05) is 0 Å². The minimum atomic E-state index is 0.568. The number of rotatable bonds is 5. The fourth-order valence-electron chi connectivity index (χ4n) is 1.21. The molecule has 1 aromatic carbocycles. The molecule has 1 aromatic rings. The summed E-state index contributed by atoms with van der Waals surface area (Å²) >= 11 is 6.88. The van der Waals surface area contributed by atoms with Crippen molar-refractivity contribution in [3.05, 3.63) is 21.1 Å². The summed E-state index contributed by atoms with van der Waals surface area (Å²) in [6, 6.07) is 5.97. The van der Waals surface area contributed by atoms with E-state index in [0.717, 1.165) is 33.3 Å². The van der Waals surface area contributed by atoms with E-state index in [-0.39, 0.29) is 0 Å². The third-order valence-corrected chi connectivity index (χ3v) is 3.30. The summed E-state index contributed by atoms with van der Waals surface area (Å²) in [6.45, 7) is 0.775. The molecule has 0 spiro atoms. The van der Waals surface area contributed by atoms with Crippen LogP contribution in [0.2, 0.25) is 0 Å². The molecule has 0 radical (unpaired) electrons. The second-order valence-electron chi connectivity index (χ2n) is 3.16. The van der Waals surface area contributed by atoms with Crippen molar-refractivity contribution < 1.29 is 4.74 Å². The van der Waals surface area contributed by atoms with Gasteiger partial charge in [0.25, 0.3) is 0 Å². The number of methoxy groups -OCH3 is 1. The molecule has 0 amide bonds. The summed E-state index contributed by atoms with van der Waals surface area (Å²) < 4.78 is 7.08. The lowest BCUT2D eigenvalue weighted by molar-refractivity contribution is 0.412. The largest absolute Gasteiger partial charge is 0.495 e. The summed E-state index contributed by atoms with van der Waals surface area (Å²) in [5.74, 6) is 0.783. The predicted molar refractivity (Wildman–Crippen MR) is 71.7 cm³/mol. The Kier molecular flexibility index (Phi) is 5.64. The van der Waals surface area contributed by atoms with Crippen molar-refractivity contribution in [2.45, 2.75) is 12.8 Å². The Morgan fingerprint density at radius 3 is 2.75 bits per heavy atom. The maximum Gasteiger partial charge on any atom is 0.135 e. The molecule has 0 aliphatic carbocycles. The Morgan fingerprint density at radius 1 is 1.38 bits per heavy atom. The lowest BCUT2D eigenvalue weighted by atomic mass is 10.2. The Bertz CT molecular complexity index is 402. The smallest absolute Gasteiger partial charge is 0.135 e. The minimum Gasteiger partial charge on any atom is -0.495 e. The Hall–Kier alpha value is -0.730. The SMILES string of the molecule is COc1cc(NCCCC#N)c(Br)cc1Br. The van der Waals surface area contributed by atoms with Gasteiger partial charge in [-0.3, -0.25) is 0 Å². The molecule has 86 valence electrons. The number of benzene rings is 1. The molecule has 0 heterocycles. The van der Waals surface area contributed by atoms with Gasteiger partial charge in [0.2, 0.25) is 0 Å². The summed E-state index contributed by atoms with van der Waals surface area (Å²) in [7, 11) is 1.63. The van der Waals surface area contributed by atoms with Gasteiger partial charge in [-0.05, 0) is 44.3 Å². The van der Waals surface area contributed by atoms with Crippen molar-refractivity contribution in [3.8, 4) is 11.8 Å². The van der Waals surface area contributed by atoms with Crippen LogP contribution in [0.1, 0.15) is 12.8 Å². The molecule has 0 unspecified atom stereocenters. The number of hydrogen-bond donors (Lipinski definition) is 1. The van der Waals surface area contributed by atoms with Crippen molar-refractivity contribution in [1.29, 1.82) is 5.26 Å². The van der Waals surface area contributed by atoms with Crippen LogP contribution in [0, 0.1) is 11.3 Å². The van der Waals surface area contributed by atoms with Gasteiger partial charge >= 0.3 is 0 Å². The van der Waals surface area contributed by atoms with Gasteiger partial charge in [-0.25, -0.2) is 0 Å². The molecule has 0 saturated carbocycles. The Balaban J connectivity index is 2.69. The van der Waals surface area contributed by atoms with E-state index in [2.05, 4.69) is 43.2 Å². The molecular weight excluding hydrogens is 336 g/mol. The Morgan fingerprint density at radius 2 is 2.12 bits per heavy atom. The van der Waals surface area contributed by atoms with Gasteiger partial charge in [-0.2, -0.15) is 5.26 Å². The third-order valence-electron chi connectivity index (χ3n) is 2.02. The highest BCUT2D eigenvalue weighted by molar-refractivity contribution is 9.11. The number of unbranched alkanes of at least 4 members (excludes halogenated alkanes) is 1. The van der Waals surface area contributed by atoms with E-state index in [1.54, 1.807) is 7.11 Å². The average molecular weight is 348 g/mol. The Labute approximate surface area is 112 Å². The van der Waals surface area contributed by atoms with Crippen LogP contribution in [-0.2, 0) is 0 Å². The van der Waals surface area contributed by atoms with Gasteiger partial charge in [0.15, 0.2) is 0 Å². The van der Waals surface area contributed by atoms with Crippen molar-refractivity contribution in [2.75, 3.05) is 19.0 Å². The number of hydrogen-bond acceptors (Lipinski definition) is 3. The van der Waals surface area contributed by atoms with E-state index < -0.39 is 0 Å². The van der Waals surface area contributed by atoms with Gasteiger partial charge < -0.3 is 10.1 Å². The molecule has 0 fully saturated rings. The maximum absolute atomic E-state index is 8.42. The maximum atomic E-state index is 8.42. The normalized spacial score (nSPS) is 9.62. The molecule has 16 heavy (non-hydrogen) atoms. The molecule has 0 saturated heterocycles. The molecule has 0 aliphatic heterocycles. The number of anilines is 1. The van der Waals surface area contributed by atoms with E-state index in [0.29, 0.717) is 6.42 Å². The zero-order chi connectivity index (χ0) is 12.0. The van der Waals surface area contributed by atoms with Gasteiger partial charge in [0, 0.05) is 23.5 Å². The third kappa shape index (κ3) is 3.69. The molecule has 0 atom stereocenters. The summed E-state index contributed by atoms with van der Waals surface area (Å²) in [6.07, 6.45) is 1.40. The molecule has 0 aliphatic rings. The highest BCUT2D eigenvalue weighted by Crippen LogP contribution is 2.34. The second-order valence-corrected chi connectivity index (χ2v) is 4.86. The minimum absolute atomic E-state index is 0.568. The predicted octanol–water partition coefficient (Wildman–Crippen LogP) is 3.94. The molecular formula is C11H12Br2N2O. The van der Waals surface area contributed by atoms with Crippen LogP contribution >= 0.6 is 31.9 Å². The molecule has 1 rings (SSSR count). The highest BCUT2D eigenvalue weighted by Gasteiger charge is 2.06. The monoisotopic (exact) mass is 346 g/mol. The highest BCUT2D eigenvalue weighted by atomic mass is 79.9. The van der Waals surface area contributed by atoms with E-state index in [1.165, 1.54) is 0 Å². The molecule has 0 aromatic heterocycles. The van der Waals surface area contributed by atoms with E-state index >= 15 is 0 Å². The second kappa shape index (κ2) is 6.77. The van der Waals surface area contributed by atoms with Gasteiger partial charge in [-0.15, -0.1) is 0 Å². The first kappa shape index (κ1) is 13.3. The number of nitrogens with zero attached hydrogens (tertiary/aromatic N) is 1. The van der Waals surface area contributed by atoms with Crippen LogP contribution in [0.15, 0.2) is 21.1 Å². The van der Waals surface area contributed by atoms with Gasteiger partial charge in [0.1, 0.15) is 5.75 Å². The van der Waals surface area contributed by atoms with Crippen LogP contribution in [0.25, 0.3) is 0 Å². The zero-order valence-electron chi connectivity index (χ0n) is 8.89. The number of nitrogens with one attached hydrogen (secondary N) is 1. The number of ether oxygens (including phenoxy) is 1. The number of halogens is 2. The van der Waals surface area contributed by atoms with Crippen LogP contribution < -0.4 is 10.1 Å². The van der Waals surface area contributed by atoms with Crippen LogP contribution in [-0.4, -0.2) is 13.7 Å². The van der Waals surface area contributed by atoms with Crippen LogP contribution in [0.3, 0.4) is 0 Å². The van der Waals surface area contributed by atoms with Crippen LogP contribution in [0.4, 0.5) is 5.69 Å². The van der Waals surface area contributed by atoms with Crippen LogP contribution in [0.5, 0.6) is 5.75 Å². The molecule has 1 N–H and O–H groups in total. The fraction of sp³-hybridized carbons (Fsp3) is 0.364. The summed E-state index contributed by atoms with van der Waals surface area (Å²) in [4.78, 5) is 0. The van der Waals surface area contributed by atoms with Crippen molar-refractivity contribution >= 4 is 37.5 Å². The quantitative estimate of drug-likeness (QED) is 0.820. The lowest BCUT2D eigenvalue weighted by Crippen LogP contribution is -2.02. The van der Waals surface area contributed by atoms with Crippen molar-refractivity contribution in [3.63, 3.8) is 0 Å². The first-order chi connectivity index (χ1) is 7.69. The first-order valence-corrected chi connectivity index (χ1v) is 6.41. The average Bonchev–Trinajstić information content (AvgIpc) is 2.27. The lowest BCUT2D eigenvalue weighted by Gasteiger charge is -2.11. The standard InChI is InChI=1S/C11H12Br2N2O/c1-16-11-7-10(8(12)6-9(11)13)15-5-3-2-4-14/h6-7,15H,2-3,5H2,1H3. The fourth-order valence-corrected chi connectivity index (χ4v) is 2.51. The molecule has 3 nitrogen and oxygen atoms in total. The summed E-state index contributed by atoms with van der Waals surface area (Å²) in [5.41, 5.74) is 0.970. The van der Waals surface area contributed by atoms with E-state index in [9.17, 15) is 0 Å². The van der Waals surface area contributed by atoms with Gasteiger partial charge in [0.05, 0.1) is 23.3 Å². The van der Waals surface area contributed by atoms with E-state index in [1.807, 2.05) is 12.1 Å². The number of nitriles is 1. The zero-order valence-corrected chi connectivity index (χ0v) is 12.1.